The van der Waals surface area contributed by atoms with Crippen LogP contribution in [0.15, 0.2) is 6.20 Å². The topological polar surface area (TPSA) is 38.2 Å². The minimum absolute atomic E-state index is 0.183. The molecule has 0 aromatic carbocycles. The molecule has 0 atom stereocenters. The first-order valence-electron chi connectivity index (χ1n) is 4.74. The van der Waals surface area contributed by atoms with Crippen molar-refractivity contribution in [1.82, 2.24) is 9.97 Å². The maximum Gasteiger partial charge on any atom is 0.405 e. The van der Waals surface area contributed by atoms with Gasteiger partial charge in [-0.3, -0.25) is 0 Å². The van der Waals surface area contributed by atoms with Gasteiger partial charge in [0.25, 0.3) is 0 Å². The van der Waals surface area contributed by atoms with E-state index in [2.05, 4.69) is 9.97 Å². The number of aryl methyl sites for hydroxylation is 1. The van der Waals surface area contributed by atoms with Crippen LogP contribution in [0.25, 0.3) is 0 Å². The lowest BCUT2D eigenvalue weighted by atomic mass is 10.3. The minimum Gasteiger partial charge on any atom is -0.486 e. The second kappa shape index (κ2) is 3.80. The van der Waals surface area contributed by atoms with Gasteiger partial charge in [-0.25, -0.2) is 9.97 Å². The summed E-state index contributed by atoms with van der Waals surface area (Å²) in [5.41, 5.74) is 0. The highest BCUT2D eigenvalue weighted by Crippen LogP contribution is 2.30. The quantitative estimate of drug-likeness (QED) is 0.737. The Morgan fingerprint density at radius 3 is 2.94 bits per heavy atom. The van der Waals surface area contributed by atoms with Crippen molar-refractivity contribution in [2.24, 2.45) is 0 Å². The first-order valence-corrected chi connectivity index (χ1v) is 4.74. The van der Waals surface area contributed by atoms with Crippen LogP contribution in [0.1, 0.15) is 5.82 Å². The average Bonchev–Trinajstić information content (AvgIpc) is 2.17. The first-order chi connectivity index (χ1) is 7.46. The van der Waals surface area contributed by atoms with E-state index in [0.29, 0.717) is 11.6 Å². The molecule has 1 aliphatic rings. The molecule has 1 aromatic heterocycles. The number of anilines is 1. The zero-order valence-electron chi connectivity index (χ0n) is 8.58. The zero-order valence-corrected chi connectivity index (χ0v) is 8.58. The molecule has 0 amide bonds. The molecular formula is C9H10F3N3O. The molecule has 4 nitrogen and oxygen atoms in total. The molecular weight excluding hydrogens is 223 g/mol. The Morgan fingerprint density at radius 1 is 1.50 bits per heavy atom. The van der Waals surface area contributed by atoms with Gasteiger partial charge in [0.1, 0.15) is 19.0 Å². The lowest BCUT2D eigenvalue weighted by Gasteiger charge is -2.30. The van der Waals surface area contributed by atoms with Crippen LogP contribution in [0.4, 0.5) is 19.0 Å². The third-order valence-corrected chi connectivity index (χ3v) is 2.15. The highest BCUT2D eigenvalue weighted by molar-refractivity contribution is 5.53. The van der Waals surface area contributed by atoms with Crippen molar-refractivity contribution >= 4 is 5.82 Å². The summed E-state index contributed by atoms with van der Waals surface area (Å²) in [5.74, 6) is 0.952. The molecule has 0 radical (unpaired) electrons. The number of rotatable bonds is 1. The van der Waals surface area contributed by atoms with Gasteiger partial charge in [-0.05, 0) is 6.92 Å². The Morgan fingerprint density at radius 2 is 2.25 bits per heavy atom. The first kappa shape index (κ1) is 11.0. The molecule has 0 saturated carbocycles. The van der Waals surface area contributed by atoms with Gasteiger partial charge in [-0.2, -0.15) is 13.2 Å². The van der Waals surface area contributed by atoms with Crippen molar-refractivity contribution in [3.8, 4) is 5.75 Å². The SMILES string of the molecule is Cc1ncc2c(n1)N(CC(F)(F)F)CCO2. The maximum absolute atomic E-state index is 12.3. The standard InChI is InChI=1S/C9H10F3N3O/c1-6-13-4-7-8(14-6)15(2-3-16-7)5-9(10,11)12/h4H,2-3,5H2,1H3. The Bertz CT molecular complexity index is 394. The Kier molecular flexibility index (Phi) is 2.61. The Hall–Kier alpha value is -1.53. The maximum atomic E-state index is 12.3. The van der Waals surface area contributed by atoms with E-state index < -0.39 is 12.7 Å². The number of aromatic nitrogens is 2. The van der Waals surface area contributed by atoms with E-state index in [0.717, 1.165) is 4.90 Å². The summed E-state index contributed by atoms with van der Waals surface area (Å²) in [6.45, 7) is 1.01. The summed E-state index contributed by atoms with van der Waals surface area (Å²) in [4.78, 5) is 9.01. The van der Waals surface area contributed by atoms with Crippen LogP contribution in [-0.4, -0.2) is 35.8 Å². The van der Waals surface area contributed by atoms with Gasteiger partial charge in [-0.1, -0.05) is 0 Å². The number of fused-ring (bicyclic) bond motifs is 1. The smallest absolute Gasteiger partial charge is 0.405 e. The molecule has 1 aromatic rings. The number of alkyl halides is 3. The van der Waals surface area contributed by atoms with Crippen LogP contribution in [0.5, 0.6) is 5.75 Å². The number of hydrogen-bond acceptors (Lipinski definition) is 4. The molecule has 0 spiro atoms. The van der Waals surface area contributed by atoms with E-state index in [-0.39, 0.29) is 19.0 Å². The predicted molar refractivity (Wildman–Crippen MR) is 50.5 cm³/mol. The van der Waals surface area contributed by atoms with Gasteiger partial charge >= 0.3 is 6.18 Å². The van der Waals surface area contributed by atoms with Gasteiger partial charge in [0.15, 0.2) is 11.6 Å². The summed E-state index contributed by atoms with van der Waals surface area (Å²) in [7, 11) is 0. The van der Waals surface area contributed by atoms with Crippen molar-refractivity contribution in [2.45, 2.75) is 13.1 Å². The molecule has 0 saturated heterocycles. The fourth-order valence-electron chi connectivity index (χ4n) is 1.52. The van der Waals surface area contributed by atoms with Gasteiger partial charge in [0.05, 0.1) is 12.7 Å². The van der Waals surface area contributed by atoms with Gasteiger partial charge in [0, 0.05) is 0 Å². The van der Waals surface area contributed by atoms with Gasteiger partial charge < -0.3 is 9.64 Å². The largest absolute Gasteiger partial charge is 0.486 e. The normalized spacial score (nSPS) is 15.6. The Labute approximate surface area is 90.1 Å². The second-order valence-electron chi connectivity index (χ2n) is 3.49. The summed E-state index contributed by atoms with van der Waals surface area (Å²) in [5, 5.41) is 0. The Balaban J connectivity index is 2.28. The van der Waals surface area contributed by atoms with Crippen LogP contribution in [0.3, 0.4) is 0 Å². The van der Waals surface area contributed by atoms with E-state index in [9.17, 15) is 13.2 Å². The van der Waals surface area contributed by atoms with Crippen molar-refractivity contribution in [2.75, 3.05) is 24.6 Å². The molecule has 0 aliphatic carbocycles. The third kappa shape index (κ3) is 2.34. The zero-order chi connectivity index (χ0) is 11.8. The van der Waals surface area contributed by atoms with Crippen molar-refractivity contribution in [1.29, 1.82) is 0 Å². The molecule has 0 bridgehead atoms. The molecule has 2 heterocycles. The molecule has 16 heavy (non-hydrogen) atoms. The van der Waals surface area contributed by atoms with E-state index in [1.165, 1.54) is 6.20 Å². The highest BCUT2D eigenvalue weighted by atomic mass is 19.4. The van der Waals surface area contributed by atoms with Crippen molar-refractivity contribution in [3.05, 3.63) is 12.0 Å². The lowest BCUT2D eigenvalue weighted by molar-refractivity contribution is -0.120. The van der Waals surface area contributed by atoms with Crippen LogP contribution in [0.2, 0.25) is 0 Å². The third-order valence-electron chi connectivity index (χ3n) is 2.15. The number of nitrogens with zero attached hydrogens (tertiary/aromatic N) is 3. The van der Waals surface area contributed by atoms with E-state index in [1.807, 2.05) is 0 Å². The van der Waals surface area contributed by atoms with Crippen molar-refractivity contribution in [3.63, 3.8) is 0 Å². The number of hydrogen-bond donors (Lipinski definition) is 0. The molecule has 1 aliphatic heterocycles. The predicted octanol–water partition coefficient (Wildman–Crippen LogP) is 1.55. The summed E-state index contributed by atoms with van der Waals surface area (Å²) < 4.78 is 42.1. The monoisotopic (exact) mass is 233 g/mol. The highest BCUT2D eigenvalue weighted by Gasteiger charge is 2.34. The number of ether oxygens (including phenoxy) is 1. The second-order valence-corrected chi connectivity index (χ2v) is 3.49. The van der Waals surface area contributed by atoms with E-state index in [1.54, 1.807) is 6.92 Å². The summed E-state index contributed by atoms with van der Waals surface area (Å²) >= 11 is 0. The molecule has 0 unspecified atom stereocenters. The van der Waals surface area contributed by atoms with Crippen LogP contribution >= 0.6 is 0 Å². The molecule has 2 rings (SSSR count). The molecule has 7 heteroatoms. The van der Waals surface area contributed by atoms with Gasteiger partial charge in [0.2, 0.25) is 0 Å². The van der Waals surface area contributed by atoms with E-state index in [4.69, 9.17) is 4.74 Å². The van der Waals surface area contributed by atoms with Crippen molar-refractivity contribution < 1.29 is 17.9 Å². The fraction of sp³-hybridized carbons (Fsp3) is 0.556. The average molecular weight is 233 g/mol. The number of halogens is 3. The summed E-state index contributed by atoms with van der Waals surface area (Å²) in [6, 6.07) is 0. The molecule has 0 fully saturated rings. The lowest BCUT2D eigenvalue weighted by Crippen LogP contribution is -2.40. The van der Waals surface area contributed by atoms with Crippen LogP contribution in [-0.2, 0) is 0 Å². The minimum atomic E-state index is -4.24. The van der Waals surface area contributed by atoms with Crippen LogP contribution < -0.4 is 9.64 Å². The summed E-state index contributed by atoms with van der Waals surface area (Å²) in [6.07, 6.45) is -2.84. The molecule has 88 valence electrons. The van der Waals surface area contributed by atoms with Crippen LogP contribution in [0, 0.1) is 6.92 Å². The fourth-order valence-corrected chi connectivity index (χ4v) is 1.52. The molecule has 0 N–H and O–H groups in total. The van der Waals surface area contributed by atoms with Gasteiger partial charge in [-0.15, -0.1) is 0 Å². The van der Waals surface area contributed by atoms with E-state index >= 15 is 0 Å².